The summed E-state index contributed by atoms with van der Waals surface area (Å²) in [7, 11) is 1.42. The summed E-state index contributed by atoms with van der Waals surface area (Å²) in [5, 5.41) is 12.3. The van der Waals surface area contributed by atoms with Crippen molar-refractivity contribution in [2.75, 3.05) is 13.7 Å². The number of amides is 2. The molecule has 8 heteroatoms. The van der Waals surface area contributed by atoms with Crippen molar-refractivity contribution in [3.05, 3.63) is 23.8 Å². The summed E-state index contributed by atoms with van der Waals surface area (Å²) in [4.78, 5) is 34.9. The third-order valence-electron chi connectivity index (χ3n) is 4.45. The Morgan fingerprint density at radius 2 is 1.92 bits per heavy atom. The zero-order valence-corrected chi connectivity index (χ0v) is 14.7. The number of benzene rings is 1. The van der Waals surface area contributed by atoms with Crippen LogP contribution in [0.15, 0.2) is 18.2 Å². The molecule has 1 aliphatic rings. The SMILES string of the molecule is COc1cc(C(=O)N[C@H]2CCCCC[C@H]2C(=O)O)ccc1OCC(N)=O. The highest BCUT2D eigenvalue weighted by molar-refractivity contribution is 5.95. The average molecular weight is 364 g/mol. The first kappa shape index (κ1) is 19.6. The van der Waals surface area contributed by atoms with Crippen molar-refractivity contribution in [3.63, 3.8) is 0 Å². The summed E-state index contributed by atoms with van der Waals surface area (Å²) in [6, 6.07) is 4.12. The van der Waals surface area contributed by atoms with Crippen LogP contribution >= 0.6 is 0 Å². The van der Waals surface area contributed by atoms with Gasteiger partial charge in [-0.25, -0.2) is 0 Å². The van der Waals surface area contributed by atoms with Crippen LogP contribution in [0.25, 0.3) is 0 Å². The van der Waals surface area contributed by atoms with Crippen molar-refractivity contribution in [1.29, 1.82) is 0 Å². The Kier molecular flexibility index (Phi) is 6.82. The van der Waals surface area contributed by atoms with E-state index < -0.39 is 23.8 Å². The molecular formula is C18H24N2O6. The zero-order chi connectivity index (χ0) is 19.1. The van der Waals surface area contributed by atoms with Crippen LogP contribution in [0.5, 0.6) is 11.5 Å². The Morgan fingerprint density at radius 3 is 2.58 bits per heavy atom. The van der Waals surface area contributed by atoms with Gasteiger partial charge in [-0.3, -0.25) is 14.4 Å². The van der Waals surface area contributed by atoms with Gasteiger partial charge in [-0.1, -0.05) is 19.3 Å². The molecule has 2 atom stereocenters. The fourth-order valence-corrected chi connectivity index (χ4v) is 3.10. The molecule has 1 fully saturated rings. The molecule has 1 aliphatic carbocycles. The van der Waals surface area contributed by atoms with Gasteiger partial charge in [0.05, 0.1) is 13.0 Å². The van der Waals surface area contributed by atoms with Crippen LogP contribution in [0.2, 0.25) is 0 Å². The number of hydrogen-bond acceptors (Lipinski definition) is 5. The van der Waals surface area contributed by atoms with E-state index in [0.29, 0.717) is 24.2 Å². The van der Waals surface area contributed by atoms with E-state index in [-0.39, 0.29) is 18.3 Å². The summed E-state index contributed by atoms with van der Waals surface area (Å²) < 4.78 is 10.4. The van der Waals surface area contributed by atoms with Crippen LogP contribution in [0, 0.1) is 5.92 Å². The van der Waals surface area contributed by atoms with Gasteiger partial charge >= 0.3 is 5.97 Å². The number of rotatable bonds is 7. The second-order valence-corrected chi connectivity index (χ2v) is 6.28. The van der Waals surface area contributed by atoms with Gasteiger partial charge in [-0.15, -0.1) is 0 Å². The summed E-state index contributed by atoms with van der Waals surface area (Å²) >= 11 is 0. The molecule has 8 nitrogen and oxygen atoms in total. The summed E-state index contributed by atoms with van der Waals surface area (Å²) in [6.45, 7) is -0.301. The lowest BCUT2D eigenvalue weighted by atomic mass is 9.94. The highest BCUT2D eigenvalue weighted by atomic mass is 16.5. The minimum absolute atomic E-state index is 0.287. The number of ether oxygens (including phenoxy) is 2. The van der Waals surface area contributed by atoms with E-state index in [4.69, 9.17) is 15.2 Å². The van der Waals surface area contributed by atoms with E-state index in [9.17, 15) is 19.5 Å². The number of carboxylic acids is 1. The number of aliphatic carboxylic acids is 1. The zero-order valence-electron chi connectivity index (χ0n) is 14.7. The van der Waals surface area contributed by atoms with Crippen LogP contribution in [0.3, 0.4) is 0 Å². The standard InChI is InChI=1S/C18H24N2O6/c1-25-15-9-11(7-8-14(15)26-10-16(19)21)17(22)20-13-6-4-2-3-5-12(13)18(23)24/h7-9,12-13H,2-6,10H2,1H3,(H2,19,21)(H,20,22)(H,23,24)/t12-,13+/m1/s1. The first-order valence-corrected chi connectivity index (χ1v) is 8.55. The quantitative estimate of drug-likeness (QED) is 0.626. The van der Waals surface area contributed by atoms with Gasteiger partial charge in [0.15, 0.2) is 18.1 Å². The molecule has 0 unspecified atom stereocenters. The Hall–Kier alpha value is -2.77. The largest absolute Gasteiger partial charge is 0.493 e. The van der Waals surface area contributed by atoms with E-state index in [1.807, 2.05) is 0 Å². The third-order valence-corrected chi connectivity index (χ3v) is 4.45. The summed E-state index contributed by atoms with van der Waals surface area (Å²) in [6.07, 6.45) is 3.90. The molecule has 0 aliphatic heterocycles. The van der Waals surface area contributed by atoms with E-state index in [1.54, 1.807) is 0 Å². The second kappa shape index (κ2) is 9.07. The van der Waals surface area contributed by atoms with Crippen molar-refractivity contribution in [3.8, 4) is 11.5 Å². The summed E-state index contributed by atoms with van der Waals surface area (Å²) in [5.41, 5.74) is 5.37. The van der Waals surface area contributed by atoms with Gasteiger partial charge in [0, 0.05) is 11.6 Å². The fourth-order valence-electron chi connectivity index (χ4n) is 3.10. The Balaban J connectivity index is 2.12. The molecule has 2 amide bonds. The van der Waals surface area contributed by atoms with Gasteiger partial charge in [0.25, 0.3) is 11.8 Å². The van der Waals surface area contributed by atoms with Crippen molar-refractivity contribution < 1.29 is 29.0 Å². The van der Waals surface area contributed by atoms with Crippen molar-refractivity contribution in [2.24, 2.45) is 11.7 Å². The fraction of sp³-hybridized carbons (Fsp3) is 0.500. The predicted molar refractivity (Wildman–Crippen MR) is 93.1 cm³/mol. The van der Waals surface area contributed by atoms with Crippen LogP contribution in [-0.4, -0.2) is 42.6 Å². The topological polar surface area (TPSA) is 128 Å². The molecule has 1 aromatic carbocycles. The Morgan fingerprint density at radius 1 is 1.19 bits per heavy atom. The lowest BCUT2D eigenvalue weighted by molar-refractivity contribution is -0.142. The van der Waals surface area contributed by atoms with E-state index in [1.165, 1.54) is 25.3 Å². The molecule has 0 heterocycles. The molecule has 0 bridgehead atoms. The molecule has 0 saturated heterocycles. The molecule has 4 N–H and O–H groups in total. The number of nitrogens with one attached hydrogen (secondary N) is 1. The molecule has 1 saturated carbocycles. The molecule has 0 aromatic heterocycles. The summed E-state index contributed by atoms with van der Waals surface area (Å²) in [5.74, 6) is -1.88. The van der Waals surface area contributed by atoms with Crippen LogP contribution in [-0.2, 0) is 9.59 Å². The third kappa shape index (κ3) is 5.11. The van der Waals surface area contributed by atoms with Crippen molar-refractivity contribution >= 4 is 17.8 Å². The molecule has 0 spiro atoms. The lowest BCUT2D eigenvalue weighted by Gasteiger charge is -2.23. The van der Waals surface area contributed by atoms with Gasteiger partial charge in [0.1, 0.15) is 0 Å². The molecular weight excluding hydrogens is 340 g/mol. The molecule has 2 rings (SSSR count). The minimum atomic E-state index is -0.884. The maximum atomic E-state index is 12.6. The van der Waals surface area contributed by atoms with E-state index in [2.05, 4.69) is 5.32 Å². The number of hydrogen-bond donors (Lipinski definition) is 3. The lowest BCUT2D eigenvalue weighted by Crippen LogP contribution is -2.42. The highest BCUT2D eigenvalue weighted by Gasteiger charge is 2.31. The molecule has 26 heavy (non-hydrogen) atoms. The predicted octanol–water partition coefficient (Wildman–Crippen LogP) is 1.32. The monoisotopic (exact) mass is 364 g/mol. The number of nitrogens with two attached hydrogens (primary N) is 1. The number of methoxy groups -OCH3 is 1. The van der Waals surface area contributed by atoms with Crippen molar-refractivity contribution in [2.45, 2.75) is 38.1 Å². The van der Waals surface area contributed by atoms with E-state index >= 15 is 0 Å². The number of carbonyl (C=O) groups is 3. The Labute approximate surface area is 151 Å². The van der Waals surface area contributed by atoms with Crippen LogP contribution in [0.1, 0.15) is 42.5 Å². The van der Waals surface area contributed by atoms with Gasteiger partial charge < -0.3 is 25.6 Å². The maximum absolute atomic E-state index is 12.6. The van der Waals surface area contributed by atoms with Crippen LogP contribution < -0.4 is 20.5 Å². The first-order valence-electron chi connectivity index (χ1n) is 8.55. The number of carbonyl (C=O) groups excluding carboxylic acids is 2. The molecule has 1 aromatic rings. The average Bonchev–Trinajstić information content (AvgIpc) is 2.85. The van der Waals surface area contributed by atoms with Gasteiger partial charge in [0.2, 0.25) is 0 Å². The van der Waals surface area contributed by atoms with Crippen molar-refractivity contribution in [1.82, 2.24) is 5.32 Å². The normalized spacial score (nSPS) is 19.9. The highest BCUT2D eigenvalue weighted by Crippen LogP contribution is 2.29. The Bertz CT molecular complexity index is 676. The van der Waals surface area contributed by atoms with Gasteiger partial charge in [-0.05, 0) is 31.0 Å². The van der Waals surface area contributed by atoms with E-state index in [0.717, 1.165) is 19.3 Å². The minimum Gasteiger partial charge on any atom is -0.493 e. The smallest absolute Gasteiger partial charge is 0.308 e. The molecule has 142 valence electrons. The maximum Gasteiger partial charge on any atom is 0.308 e. The first-order chi connectivity index (χ1) is 12.4. The number of carboxylic acid groups (broad SMARTS) is 1. The van der Waals surface area contributed by atoms with Gasteiger partial charge in [-0.2, -0.15) is 0 Å². The number of primary amides is 1. The second-order valence-electron chi connectivity index (χ2n) is 6.28. The van der Waals surface area contributed by atoms with Crippen LogP contribution in [0.4, 0.5) is 0 Å². The molecule has 0 radical (unpaired) electrons.